The van der Waals surface area contributed by atoms with Crippen molar-refractivity contribution in [3.8, 4) is 0 Å². The van der Waals surface area contributed by atoms with Crippen molar-refractivity contribution in [1.29, 1.82) is 0 Å². The average Bonchev–Trinajstić information content (AvgIpc) is 2.69. The smallest absolute Gasteiger partial charge is 0.254 e. The quantitative estimate of drug-likeness (QED) is 0.673. The van der Waals surface area contributed by atoms with Crippen molar-refractivity contribution in [2.45, 2.75) is 19.9 Å². The third-order valence-electron chi connectivity index (χ3n) is 4.22. The molecule has 0 unspecified atom stereocenters. The van der Waals surface area contributed by atoms with E-state index in [1.807, 2.05) is 31.2 Å². The van der Waals surface area contributed by atoms with Crippen molar-refractivity contribution >= 4 is 11.9 Å². The van der Waals surface area contributed by atoms with Crippen LogP contribution >= 0.6 is 0 Å². The molecule has 1 aromatic heterocycles. The first kappa shape index (κ1) is 18.5. The predicted octanol–water partition coefficient (Wildman–Crippen LogP) is 3.51. The summed E-state index contributed by atoms with van der Waals surface area (Å²) in [4.78, 5) is 20.6. The number of hydrogen-bond acceptors (Lipinski definition) is 4. The highest BCUT2D eigenvalue weighted by atomic mass is 19.1. The molecule has 0 radical (unpaired) electrons. The molecule has 0 fully saturated rings. The van der Waals surface area contributed by atoms with Gasteiger partial charge in [-0.15, -0.1) is 0 Å². The summed E-state index contributed by atoms with van der Waals surface area (Å²) in [5, 5.41) is 5.97. The molecule has 5 nitrogen and oxygen atoms in total. The lowest BCUT2D eigenvalue weighted by Crippen LogP contribution is -2.23. The number of carbonyl (C=O) groups is 1. The van der Waals surface area contributed by atoms with Gasteiger partial charge in [-0.1, -0.05) is 36.4 Å². The summed E-state index contributed by atoms with van der Waals surface area (Å²) < 4.78 is 12.9. The number of carbonyl (C=O) groups excluding carboxylic acids is 1. The van der Waals surface area contributed by atoms with Crippen molar-refractivity contribution < 1.29 is 9.18 Å². The molecule has 138 valence electrons. The topological polar surface area (TPSA) is 66.9 Å². The van der Waals surface area contributed by atoms with Crippen LogP contribution in [0.3, 0.4) is 0 Å². The van der Waals surface area contributed by atoms with E-state index >= 15 is 0 Å². The number of hydrogen-bond donors (Lipinski definition) is 2. The Kier molecular flexibility index (Phi) is 6.10. The fraction of sp³-hybridized carbons (Fsp3) is 0.190. The summed E-state index contributed by atoms with van der Waals surface area (Å²) in [6.45, 7) is 3.09. The van der Waals surface area contributed by atoms with E-state index in [4.69, 9.17) is 0 Å². The molecule has 0 saturated heterocycles. The Balaban J connectivity index is 1.48. The van der Waals surface area contributed by atoms with Gasteiger partial charge in [-0.2, -0.15) is 0 Å². The van der Waals surface area contributed by atoms with Gasteiger partial charge in [0.05, 0.1) is 5.56 Å². The van der Waals surface area contributed by atoms with Crippen LogP contribution in [0.15, 0.2) is 60.9 Å². The Morgan fingerprint density at radius 2 is 1.74 bits per heavy atom. The van der Waals surface area contributed by atoms with Crippen molar-refractivity contribution in [2.75, 3.05) is 11.9 Å². The molecule has 1 amide bonds. The predicted molar refractivity (Wildman–Crippen MR) is 103 cm³/mol. The molecule has 0 aliphatic rings. The maximum Gasteiger partial charge on any atom is 0.254 e. The van der Waals surface area contributed by atoms with Crippen LogP contribution in [0.5, 0.6) is 0 Å². The average molecular weight is 364 g/mol. The van der Waals surface area contributed by atoms with Gasteiger partial charge in [0, 0.05) is 25.5 Å². The van der Waals surface area contributed by atoms with Gasteiger partial charge in [0.2, 0.25) is 5.95 Å². The number of aromatic nitrogens is 2. The van der Waals surface area contributed by atoms with Crippen molar-refractivity contribution in [3.63, 3.8) is 0 Å². The molecule has 0 spiro atoms. The van der Waals surface area contributed by atoms with E-state index in [0.717, 1.165) is 23.1 Å². The zero-order chi connectivity index (χ0) is 19.1. The van der Waals surface area contributed by atoms with Gasteiger partial charge < -0.3 is 10.6 Å². The summed E-state index contributed by atoms with van der Waals surface area (Å²) in [5.41, 5.74) is 3.64. The lowest BCUT2D eigenvalue weighted by atomic mass is 10.1. The lowest BCUT2D eigenvalue weighted by molar-refractivity contribution is 0.0950. The van der Waals surface area contributed by atoms with E-state index in [2.05, 4.69) is 20.6 Å². The summed E-state index contributed by atoms with van der Waals surface area (Å²) in [6.07, 6.45) is 3.73. The third kappa shape index (κ3) is 5.34. The van der Waals surface area contributed by atoms with Crippen LogP contribution in [0.25, 0.3) is 0 Å². The number of halogens is 1. The minimum atomic E-state index is -0.244. The minimum Gasteiger partial charge on any atom is -0.354 e. The van der Waals surface area contributed by atoms with Gasteiger partial charge in [0.1, 0.15) is 5.82 Å². The SMILES string of the molecule is Cc1ccccc1CNC(=O)c1cnc(NCCc2ccc(F)cc2)nc1. The van der Waals surface area contributed by atoms with Gasteiger partial charge in [-0.3, -0.25) is 4.79 Å². The van der Waals surface area contributed by atoms with Crippen LogP contribution in [-0.2, 0) is 13.0 Å². The Labute approximate surface area is 157 Å². The van der Waals surface area contributed by atoms with Gasteiger partial charge in [0.15, 0.2) is 0 Å². The first-order valence-corrected chi connectivity index (χ1v) is 8.75. The highest BCUT2D eigenvalue weighted by molar-refractivity contribution is 5.93. The van der Waals surface area contributed by atoms with E-state index in [-0.39, 0.29) is 11.7 Å². The van der Waals surface area contributed by atoms with Crippen LogP contribution in [0.1, 0.15) is 27.0 Å². The second-order valence-corrected chi connectivity index (χ2v) is 6.21. The first-order chi connectivity index (χ1) is 13.1. The highest BCUT2D eigenvalue weighted by Crippen LogP contribution is 2.08. The molecule has 0 bridgehead atoms. The molecule has 0 atom stereocenters. The Hall–Kier alpha value is -3.28. The number of amides is 1. The van der Waals surface area contributed by atoms with Crippen LogP contribution in [-0.4, -0.2) is 22.4 Å². The molecule has 6 heteroatoms. The van der Waals surface area contributed by atoms with Gasteiger partial charge in [-0.05, 0) is 42.2 Å². The summed E-state index contributed by atoms with van der Waals surface area (Å²) in [6, 6.07) is 14.3. The molecule has 3 rings (SSSR count). The van der Waals surface area contributed by atoms with E-state index in [9.17, 15) is 9.18 Å². The van der Waals surface area contributed by atoms with E-state index in [0.29, 0.717) is 24.6 Å². The minimum absolute atomic E-state index is 0.212. The molecular weight excluding hydrogens is 343 g/mol. The number of rotatable bonds is 7. The van der Waals surface area contributed by atoms with Crippen LogP contribution in [0, 0.1) is 12.7 Å². The molecule has 0 saturated carbocycles. The highest BCUT2D eigenvalue weighted by Gasteiger charge is 2.07. The fourth-order valence-corrected chi connectivity index (χ4v) is 2.59. The lowest BCUT2D eigenvalue weighted by Gasteiger charge is -2.08. The third-order valence-corrected chi connectivity index (χ3v) is 4.22. The van der Waals surface area contributed by atoms with E-state index in [1.165, 1.54) is 24.5 Å². The largest absolute Gasteiger partial charge is 0.354 e. The number of benzene rings is 2. The maximum atomic E-state index is 12.9. The normalized spacial score (nSPS) is 10.4. The van der Waals surface area contributed by atoms with Crippen LogP contribution in [0.4, 0.5) is 10.3 Å². The monoisotopic (exact) mass is 364 g/mol. The van der Waals surface area contributed by atoms with Crippen LogP contribution in [0.2, 0.25) is 0 Å². The maximum absolute atomic E-state index is 12.9. The van der Waals surface area contributed by atoms with Crippen molar-refractivity contribution in [3.05, 3.63) is 89.0 Å². The van der Waals surface area contributed by atoms with Gasteiger partial charge in [0.25, 0.3) is 5.91 Å². The molecule has 3 aromatic rings. The number of nitrogens with zero attached hydrogens (tertiary/aromatic N) is 2. The van der Waals surface area contributed by atoms with Gasteiger partial charge >= 0.3 is 0 Å². The number of nitrogens with one attached hydrogen (secondary N) is 2. The summed E-state index contributed by atoms with van der Waals surface area (Å²) >= 11 is 0. The van der Waals surface area contributed by atoms with Crippen molar-refractivity contribution in [2.24, 2.45) is 0 Å². The van der Waals surface area contributed by atoms with E-state index in [1.54, 1.807) is 12.1 Å². The molecule has 2 N–H and O–H groups in total. The molecule has 27 heavy (non-hydrogen) atoms. The zero-order valence-corrected chi connectivity index (χ0v) is 15.1. The number of anilines is 1. The van der Waals surface area contributed by atoms with Gasteiger partial charge in [-0.25, -0.2) is 14.4 Å². The molecule has 1 heterocycles. The standard InChI is InChI=1S/C21H21FN4O/c1-15-4-2-3-5-17(15)12-24-20(27)18-13-25-21(26-14-18)23-11-10-16-6-8-19(22)9-7-16/h2-9,13-14H,10-12H2,1H3,(H,24,27)(H,23,25,26). The zero-order valence-electron chi connectivity index (χ0n) is 15.1. The molecule has 0 aliphatic heterocycles. The second-order valence-electron chi connectivity index (χ2n) is 6.21. The molecular formula is C21H21FN4O. The Morgan fingerprint density at radius 3 is 2.44 bits per heavy atom. The first-order valence-electron chi connectivity index (χ1n) is 8.75. The summed E-state index contributed by atoms with van der Waals surface area (Å²) in [7, 11) is 0. The van der Waals surface area contributed by atoms with E-state index < -0.39 is 0 Å². The second kappa shape index (κ2) is 8.89. The Morgan fingerprint density at radius 1 is 1.04 bits per heavy atom. The fourth-order valence-electron chi connectivity index (χ4n) is 2.59. The van der Waals surface area contributed by atoms with Crippen molar-refractivity contribution in [1.82, 2.24) is 15.3 Å². The Bertz CT molecular complexity index is 895. The summed E-state index contributed by atoms with van der Waals surface area (Å²) in [5.74, 6) is -0.00462. The number of aryl methyl sites for hydroxylation is 1. The molecule has 0 aliphatic carbocycles. The molecule has 2 aromatic carbocycles. The van der Waals surface area contributed by atoms with Crippen LogP contribution < -0.4 is 10.6 Å².